The number of carbonyl (C=O) groups is 1. The van der Waals surface area contributed by atoms with Crippen LogP contribution in [0.25, 0.3) is 0 Å². The molecule has 0 bridgehead atoms. The van der Waals surface area contributed by atoms with E-state index < -0.39 is 0 Å². The molecule has 0 saturated carbocycles. The number of aromatic nitrogens is 3. The van der Waals surface area contributed by atoms with Gasteiger partial charge in [-0.2, -0.15) is 0 Å². The summed E-state index contributed by atoms with van der Waals surface area (Å²) in [6.07, 6.45) is 3.95. The molecule has 2 heterocycles. The number of benzene rings is 1. The Kier molecular flexibility index (Phi) is 6.47. The molecule has 6 nitrogen and oxygen atoms in total. The molecular formula is C18H25N5OS. The van der Waals surface area contributed by atoms with Crippen molar-refractivity contribution in [1.82, 2.24) is 25.4 Å². The Bertz CT molecular complexity index is 679. The zero-order chi connectivity index (χ0) is 17.5. The fourth-order valence-electron chi connectivity index (χ4n) is 2.93. The lowest BCUT2D eigenvalue weighted by Gasteiger charge is -2.26. The van der Waals surface area contributed by atoms with Gasteiger partial charge in [-0.25, -0.2) is 4.98 Å². The molecule has 2 aromatic rings. The Balaban J connectivity index is 1.40. The number of H-pyrrole nitrogens is 1. The van der Waals surface area contributed by atoms with Crippen LogP contribution in [0.5, 0.6) is 0 Å². The number of thioether (sulfide) groups is 1. The monoisotopic (exact) mass is 359 g/mol. The Morgan fingerprint density at radius 3 is 2.68 bits per heavy atom. The van der Waals surface area contributed by atoms with Crippen molar-refractivity contribution < 1.29 is 4.79 Å². The molecule has 0 aliphatic carbocycles. The first-order chi connectivity index (χ1) is 12.2. The molecule has 1 saturated heterocycles. The predicted molar refractivity (Wildman–Crippen MR) is 99.7 cm³/mol. The standard InChI is InChI=1S/C18H25N5OS/c1-14-20-18(22-21-14)25-12-9-19-17(24)16-7-5-15(6-8-16)13-23-10-3-2-4-11-23/h5-8H,2-4,9-13H2,1H3,(H,19,24)(H,20,21,22). The van der Waals surface area contributed by atoms with Crippen LogP contribution in [0.15, 0.2) is 29.4 Å². The van der Waals surface area contributed by atoms with Gasteiger partial charge in [-0.3, -0.25) is 14.8 Å². The summed E-state index contributed by atoms with van der Waals surface area (Å²) >= 11 is 1.53. The van der Waals surface area contributed by atoms with E-state index in [-0.39, 0.29) is 5.91 Å². The van der Waals surface area contributed by atoms with Crippen molar-refractivity contribution >= 4 is 17.7 Å². The summed E-state index contributed by atoms with van der Waals surface area (Å²) in [5, 5.41) is 10.5. The first-order valence-electron chi connectivity index (χ1n) is 8.82. The lowest BCUT2D eigenvalue weighted by Crippen LogP contribution is -2.29. The van der Waals surface area contributed by atoms with Gasteiger partial charge in [0.15, 0.2) is 0 Å². The molecule has 0 unspecified atom stereocenters. The van der Waals surface area contributed by atoms with Crippen LogP contribution in [0.4, 0.5) is 0 Å². The number of aromatic amines is 1. The molecule has 25 heavy (non-hydrogen) atoms. The Morgan fingerprint density at radius 1 is 1.24 bits per heavy atom. The van der Waals surface area contributed by atoms with Gasteiger partial charge in [-0.15, -0.1) is 5.10 Å². The van der Waals surface area contributed by atoms with Crippen LogP contribution in [-0.4, -0.2) is 51.4 Å². The minimum absolute atomic E-state index is 0.0312. The van der Waals surface area contributed by atoms with E-state index >= 15 is 0 Å². The van der Waals surface area contributed by atoms with Gasteiger partial charge >= 0.3 is 0 Å². The first kappa shape index (κ1) is 17.9. The molecule has 0 radical (unpaired) electrons. The number of nitrogens with one attached hydrogen (secondary N) is 2. The zero-order valence-electron chi connectivity index (χ0n) is 14.6. The van der Waals surface area contributed by atoms with Gasteiger partial charge in [0.2, 0.25) is 5.16 Å². The maximum atomic E-state index is 12.2. The second-order valence-corrected chi connectivity index (χ2v) is 7.40. The minimum atomic E-state index is -0.0312. The lowest BCUT2D eigenvalue weighted by molar-refractivity contribution is 0.0956. The molecule has 1 amide bonds. The molecule has 2 N–H and O–H groups in total. The number of carbonyl (C=O) groups excluding carboxylic acids is 1. The Morgan fingerprint density at radius 2 is 2.00 bits per heavy atom. The summed E-state index contributed by atoms with van der Waals surface area (Å²) in [5.74, 6) is 1.52. The molecule has 1 fully saturated rings. The van der Waals surface area contributed by atoms with Gasteiger partial charge in [0.1, 0.15) is 5.82 Å². The van der Waals surface area contributed by atoms with E-state index in [0.717, 1.165) is 18.1 Å². The highest BCUT2D eigenvalue weighted by atomic mass is 32.2. The van der Waals surface area contributed by atoms with Crippen molar-refractivity contribution in [3.63, 3.8) is 0 Å². The molecule has 1 aromatic heterocycles. The van der Waals surface area contributed by atoms with Gasteiger partial charge in [0.25, 0.3) is 5.91 Å². The number of hydrogen-bond donors (Lipinski definition) is 2. The summed E-state index contributed by atoms with van der Waals surface area (Å²) in [7, 11) is 0. The topological polar surface area (TPSA) is 73.9 Å². The van der Waals surface area contributed by atoms with Crippen molar-refractivity contribution in [3.05, 3.63) is 41.2 Å². The molecule has 3 rings (SSSR count). The van der Waals surface area contributed by atoms with Gasteiger partial charge in [0, 0.05) is 24.4 Å². The SMILES string of the molecule is Cc1nc(SCCNC(=O)c2ccc(CN3CCCCC3)cc2)n[nH]1. The first-order valence-corrected chi connectivity index (χ1v) is 9.80. The minimum Gasteiger partial charge on any atom is -0.351 e. The van der Waals surface area contributed by atoms with Crippen LogP contribution >= 0.6 is 11.8 Å². The van der Waals surface area contributed by atoms with Crippen molar-refractivity contribution in [2.75, 3.05) is 25.4 Å². The highest BCUT2D eigenvalue weighted by Gasteiger charge is 2.11. The maximum absolute atomic E-state index is 12.2. The summed E-state index contributed by atoms with van der Waals surface area (Å²) in [5.41, 5.74) is 1.98. The van der Waals surface area contributed by atoms with E-state index in [1.807, 2.05) is 19.1 Å². The Labute approximate surface area is 152 Å². The molecule has 1 aliphatic heterocycles. The number of rotatable bonds is 7. The van der Waals surface area contributed by atoms with E-state index in [0.29, 0.717) is 17.3 Å². The zero-order valence-corrected chi connectivity index (χ0v) is 15.4. The fourth-order valence-corrected chi connectivity index (χ4v) is 3.63. The highest BCUT2D eigenvalue weighted by molar-refractivity contribution is 7.99. The van der Waals surface area contributed by atoms with Crippen LogP contribution in [0.2, 0.25) is 0 Å². The second kappa shape index (κ2) is 9.01. The van der Waals surface area contributed by atoms with Crippen LogP contribution < -0.4 is 5.32 Å². The maximum Gasteiger partial charge on any atom is 0.251 e. The number of hydrogen-bond acceptors (Lipinski definition) is 5. The average Bonchev–Trinajstić information content (AvgIpc) is 3.05. The fraction of sp³-hybridized carbons (Fsp3) is 0.500. The van der Waals surface area contributed by atoms with Gasteiger partial charge in [-0.1, -0.05) is 30.3 Å². The van der Waals surface area contributed by atoms with Crippen molar-refractivity contribution in [2.24, 2.45) is 0 Å². The molecule has 1 aliphatic rings. The molecular weight excluding hydrogens is 334 g/mol. The number of likely N-dealkylation sites (tertiary alicyclic amines) is 1. The summed E-state index contributed by atoms with van der Waals surface area (Å²) in [6, 6.07) is 7.96. The third-order valence-corrected chi connectivity index (χ3v) is 5.12. The number of amides is 1. The van der Waals surface area contributed by atoms with Crippen LogP contribution in [0, 0.1) is 6.92 Å². The molecule has 0 spiro atoms. The summed E-state index contributed by atoms with van der Waals surface area (Å²) in [6.45, 7) is 5.81. The third kappa shape index (κ3) is 5.57. The van der Waals surface area contributed by atoms with Crippen molar-refractivity contribution in [3.8, 4) is 0 Å². The third-order valence-electron chi connectivity index (χ3n) is 4.27. The largest absolute Gasteiger partial charge is 0.351 e. The van der Waals surface area contributed by atoms with Gasteiger partial charge < -0.3 is 5.32 Å². The molecule has 134 valence electrons. The van der Waals surface area contributed by atoms with Gasteiger partial charge in [-0.05, 0) is 50.6 Å². The van der Waals surface area contributed by atoms with E-state index in [1.165, 1.54) is 49.7 Å². The van der Waals surface area contributed by atoms with Crippen LogP contribution in [-0.2, 0) is 6.54 Å². The van der Waals surface area contributed by atoms with E-state index in [2.05, 4.69) is 37.5 Å². The van der Waals surface area contributed by atoms with Crippen LogP contribution in [0.1, 0.15) is 41.0 Å². The second-order valence-electron chi connectivity index (χ2n) is 6.34. The number of nitrogens with zero attached hydrogens (tertiary/aromatic N) is 3. The Hall–Kier alpha value is -1.86. The normalized spacial score (nSPS) is 15.2. The summed E-state index contributed by atoms with van der Waals surface area (Å²) in [4.78, 5) is 18.9. The van der Waals surface area contributed by atoms with E-state index in [1.54, 1.807) is 0 Å². The quantitative estimate of drug-likeness (QED) is 0.587. The van der Waals surface area contributed by atoms with Crippen molar-refractivity contribution in [2.45, 2.75) is 37.9 Å². The molecule has 7 heteroatoms. The smallest absolute Gasteiger partial charge is 0.251 e. The van der Waals surface area contributed by atoms with Crippen LogP contribution in [0.3, 0.4) is 0 Å². The number of piperidine rings is 1. The number of aryl methyl sites for hydroxylation is 1. The lowest BCUT2D eigenvalue weighted by atomic mass is 10.1. The highest BCUT2D eigenvalue weighted by Crippen LogP contribution is 2.14. The van der Waals surface area contributed by atoms with Crippen molar-refractivity contribution in [1.29, 1.82) is 0 Å². The van der Waals surface area contributed by atoms with Gasteiger partial charge in [0.05, 0.1) is 0 Å². The van der Waals surface area contributed by atoms with E-state index in [9.17, 15) is 4.79 Å². The van der Waals surface area contributed by atoms with E-state index in [4.69, 9.17) is 0 Å². The summed E-state index contributed by atoms with van der Waals surface area (Å²) < 4.78 is 0. The average molecular weight is 359 g/mol. The molecule has 0 atom stereocenters. The predicted octanol–water partition coefficient (Wildman–Crippen LogP) is 2.62. The molecule has 1 aromatic carbocycles.